The van der Waals surface area contributed by atoms with Crippen LogP contribution in [0, 0.1) is 10.1 Å². The van der Waals surface area contributed by atoms with Crippen molar-refractivity contribution in [1.82, 2.24) is 0 Å². The lowest BCUT2D eigenvalue weighted by Gasteiger charge is -1.97. The van der Waals surface area contributed by atoms with Crippen molar-refractivity contribution in [2.45, 2.75) is 26.2 Å². The monoisotopic (exact) mass is 279 g/mol. The molecule has 0 atom stereocenters. The van der Waals surface area contributed by atoms with Crippen LogP contribution in [0.5, 0.6) is 0 Å². The summed E-state index contributed by atoms with van der Waals surface area (Å²) in [5, 5.41) is 21.3. The average Bonchev–Trinajstić information content (AvgIpc) is 2.74. The fourth-order valence-electron chi connectivity index (χ4n) is 1.99. The number of carbonyl (C=O) groups is 1. The molecule has 0 radical (unpaired) electrons. The number of nitrogens with zero attached hydrogens (tertiary/aromatic N) is 1. The number of aromatic carboxylic acids is 1. The van der Waals surface area contributed by atoms with Gasteiger partial charge in [0.2, 0.25) is 0 Å². The van der Waals surface area contributed by atoms with Crippen molar-refractivity contribution in [3.05, 3.63) is 38.1 Å². The number of nitro benzene ring substituents is 1. The normalized spacial score (nSPS) is 10.8. The van der Waals surface area contributed by atoms with E-state index in [4.69, 9.17) is 0 Å². The van der Waals surface area contributed by atoms with E-state index >= 15 is 0 Å². The molecule has 0 amide bonds. The Labute approximate surface area is 113 Å². The van der Waals surface area contributed by atoms with Crippen molar-refractivity contribution in [2.24, 2.45) is 0 Å². The lowest BCUT2D eigenvalue weighted by atomic mass is 10.1. The molecular formula is C13H13NO4S. The van der Waals surface area contributed by atoms with Gasteiger partial charge in [-0.3, -0.25) is 10.1 Å². The summed E-state index contributed by atoms with van der Waals surface area (Å²) in [5.74, 6) is -0.980. The van der Waals surface area contributed by atoms with Gasteiger partial charge in [0.15, 0.2) is 0 Å². The zero-order valence-corrected chi connectivity index (χ0v) is 11.2. The van der Waals surface area contributed by atoms with Gasteiger partial charge < -0.3 is 5.11 Å². The van der Waals surface area contributed by atoms with Crippen molar-refractivity contribution >= 4 is 33.8 Å². The Balaban J connectivity index is 2.61. The largest absolute Gasteiger partial charge is 0.477 e. The predicted molar refractivity (Wildman–Crippen MR) is 74.1 cm³/mol. The van der Waals surface area contributed by atoms with Crippen LogP contribution in [0.4, 0.5) is 5.69 Å². The Morgan fingerprint density at radius 1 is 1.42 bits per heavy atom. The van der Waals surface area contributed by atoms with Gasteiger partial charge in [-0.05, 0) is 18.9 Å². The number of carboxylic acids is 1. The Bertz CT molecular complexity index is 647. The molecule has 1 N–H and O–H groups in total. The fraction of sp³-hybridized carbons (Fsp3) is 0.308. The van der Waals surface area contributed by atoms with Crippen LogP contribution in [-0.2, 0) is 6.42 Å². The molecule has 0 aliphatic carbocycles. The Morgan fingerprint density at radius 2 is 2.16 bits per heavy atom. The SMILES string of the molecule is CCCCc1sc(C(=O)O)c2ccc([N+](=O)[O-])cc12. The molecule has 6 heteroatoms. The summed E-state index contributed by atoms with van der Waals surface area (Å²) in [7, 11) is 0. The maximum atomic E-state index is 11.2. The number of hydrogen-bond acceptors (Lipinski definition) is 4. The minimum absolute atomic E-state index is 0.0000118. The van der Waals surface area contributed by atoms with Crippen LogP contribution in [0.2, 0.25) is 0 Å². The number of non-ortho nitro benzene ring substituents is 1. The lowest BCUT2D eigenvalue weighted by Crippen LogP contribution is -1.92. The summed E-state index contributed by atoms with van der Waals surface area (Å²) in [4.78, 5) is 22.7. The van der Waals surface area contributed by atoms with Gasteiger partial charge in [-0.15, -0.1) is 11.3 Å². The molecule has 1 heterocycles. The van der Waals surface area contributed by atoms with E-state index in [1.54, 1.807) is 0 Å². The summed E-state index contributed by atoms with van der Waals surface area (Å²) in [6.07, 6.45) is 2.69. The number of hydrogen-bond donors (Lipinski definition) is 1. The van der Waals surface area contributed by atoms with E-state index in [9.17, 15) is 20.0 Å². The number of rotatable bonds is 5. The first kappa shape index (κ1) is 13.5. The van der Waals surface area contributed by atoms with E-state index in [-0.39, 0.29) is 10.6 Å². The number of aryl methyl sites for hydroxylation is 1. The number of nitro groups is 1. The maximum Gasteiger partial charge on any atom is 0.346 e. The standard InChI is InChI=1S/C13H13NO4S/c1-2-3-4-11-10-7-8(14(17)18)5-6-9(10)12(19-11)13(15)16/h5-7H,2-4H2,1H3,(H,15,16). The third-order valence-corrected chi connectivity index (χ3v) is 4.20. The highest BCUT2D eigenvalue weighted by molar-refractivity contribution is 7.15. The minimum Gasteiger partial charge on any atom is -0.477 e. The third kappa shape index (κ3) is 2.58. The molecule has 19 heavy (non-hydrogen) atoms. The molecule has 5 nitrogen and oxygen atoms in total. The quantitative estimate of drug-likeness (QED) is 0.665. The first-order valence-corrected chi connectivity index (χ1v) is 6.79. The van der Waals surface area contributed by atoms with Crippen LogP contribution in [0.15, 0.2) is 18.2 Å². The molecule has 0 spiro atoms. The minimum atomic E-state index is -0.980. The molecule has 0 saturated carbocycles. The van der Waals surface area contributed by atoms with Crippen LogP contribution < -0.4 is 0 Å². The van der Waals surface area contributed by atoms with E-state index in [1.807, 2.05) is 0 Å². The van der Waals surface area contributed by atoms with E-state index in [2.05, 4.69) is 6.92 Å². The fourth-order valence-corrected chi connectivity index (χ4v) is 3.14. The molecular weight excluding hydrogens is 266 g/mol. The molecule has 0 bridgehead atoms. The van der Waals surface area contributed by atoms with Crippen molar-refractivity contribution in [3.63, 3.8) is 0 Å². The van der Waals surface area contributed by atoms with Crippen molar-refractivity contribution in [3.8, 4) is 0 Å². The highest BCUT2D eigenvalue weighted by Crippen LogP contribution is 2.34. The van der Waals surface area contributed by atoms with Crippen LogP contribution in [0.25, 0.3) is 10.8 Å². The molecule has 0 unspecified atom stereocenters. The van der Waals surface area contributed by atoms with Gasteiger partial charge in [-0.2, -0.15) is 0 Å². The number of fused-ring (bicyclic) bond motifs is 1. The number of carboxylic acid groups (broad SMARTS) is 1. The summed E-state index contributed by atoms with van der Waals surface area (Å²) < 4.78 is 0. The van der Waals surface area contributed by atoms with Crippen molar-refractivity contribution in [1.29, 1.82) is 0 Å². The smallest absolute Gasteiger partial charge is 0.346 e. The van der Waals surface area contributed by atoms with Gasteiger partial charge in [-0.25, -0.2) is 4.79 Å². The Kier molecular flexibility index (Phi) is 3.80. The molecule has 1 aromatic heterocycles. The summed E-state index contributed by atoms with van der Waals surface area (Å²) in [6, 6.07) is 4.36. The van der Waals surface area contributed by atoms with E-state index in [1.165, 1.54) is 29.5 Å². The number of unbranched alkanes of at least 4 members (excludes halogenated alkanes) is 1. The third-order valence-electron chi connectivity index (χ3n) is 2.94. The Hall–Kier alpha value is -1.95. The van der Waals surface area contributed by atoms with E-state index in [0.717, 1.165) is 24.1 Å². The molecule has 0 fully saturated rings. The van der Waals surface area contributed by atoms with Gasteiger partial charge in [0, 0.05) is 27.8 Å². The zero-order valence-electron chi connectivity index (χ0n) is 10.4. The molecule has 0 saturated heterocycles. The van der Waals surface area contributed by atoms with Crippen molar-refractivity contribution in [2.75, 3.05) is 0 Å². The van der Waals surface area contributed by atoms with Crippen LogP contribution >= 0.6 is 11.3 Å². The lowest BCUT2D eigenvalue weighted by molar-refractivity contribution is -0.384. The molecule has 100 valence electrons. The highest BCUT2D eigenvalue weighted by atomic mass is 32.1. The maximum absolute atomic E-state index is 11.2. The summed E-state index contributed by atoms with van der Waals surface area (Å²) in [5.41, 5.74) is -0.0000118. The molecule has 2 rings (SSSR count). The van der Waals surface area contributed by atoms with Crippen LogP contribution in [0.1, 0.15) is 34.3 Å². The molecule has 0 aliphatic heterocycles. The predicted octanol–water partition coefficient (Wildman–Crippen LogP) is 3.85. The second kappa shape index (κ2) is 5.36. The second-order valence-corrected chi connectivity index (χ2v) is 5.36. The van der Waals surface area contributed by atoms with Gasteiger partial charge >= 0.3 is 5.97 Å². The second-order valence-electron chi connectivity index (χ2n) is 4.25. The van der Waals surface area contributed by atoms with Gasteiger partial charge in [0.05, 0.1) is 4.92 Å². The zero-order chi connectivity index (χ0) is 14.0. The van der Waals surface area contributed by atoms with Crippen LogP contribution in [0.3, 0.4) is 0 Å². The van der Waals surface area contributed by atoms with E-state index in [0.29, 0.717) is 10.8 Å². The van der Waals surface area contributed by atoms with E-state index < -0.39 is 10.9 Å². The molecule has 2 aromatic rings. The average molecular weight is 279 g/mol. The van der Waals surface area contributed by atoms with Crippen LogP contribution in [-0.4, -0.2) is 16.0 Å². The molecule has 0 aliphatic rings. The number of benzene rings is 1. The summed E-state index contributed by atoms with van der Waals surface area (Å²) in [6.45, 7) is 2.05. The van der Waals surface area contributed by atoms with Gasteiger partial charge in [-0.1, -0.05) is 13.3 Å². The highest BCUT2D eigenvalue weighted by Gasteiger charge is 2.18. The Morgan fingerprint density at radius 3 is 2.74 bits per heavy atom. The number of thiophene rings is 1. The first-order chi connectivity index (χ1) is 9.04. The van der Waals surface area contributed by atoms with Gasteiger partial charge in [0.1, 0.15) is 4.88 Å². The first-order valence-electron chi connectivity index (χ1n) is 5.97. The molecule has 1 aromatic carbocycles. The summed E-state index contributed by atoms with van der Waals surface area (Å²) >= 11 is 1.22. The topological polar surface area (TPSA) is 80.4 Å². The van der Waals surface area contributed by atoms with Gasteiger partial charge in [0.25, 0.3) is 5.69 Å². The van der Waals surface area contributed by atoms with Crippen molar-refractivity contribution < 1.29 is 14.8 Å².